The highest BCUT2D eigenvalue weighted by atomic mass is 16.5. The molecule has 0 saturated heterocycles. The lowest BCUT2D eigenvalue weighted by Gasteiger charge is -2.27. The lowest BCUT2D eigenvalue weighted by Crippen LogP contribution is -2.34. The minimum absolute atomic E-state index is 0.295. The summed E-state index contributed by atoms with van der Waals surface area (Å²) in [5, 5.41) is 3.91. The molecule has 2 rings (SSSR count). The Morgan fingerprint density at radius 1 is 1.38 bits per heavy atom. The third-order valence-electron chi connectivity index (χ3n) is 3.26. The van der Waals surface area contributed by atoms with Crippen LogP contribution in [0.3, 0.4) is 0 Å². The van der Waals surface area contributed by atoms with Gasteiger partial charge in [0.25, 0.3) is 5.95 Å². The van der Waals surface area contributed by atoms with Crippen LogP contribution >= 0.6 is 0 Å². The van der Waals surface area contributed by atoms with E-state index in [2.05, 4.69) is 10.1 Å². The summed E-state index contributed by atoms with van der Waals surface area (Å²) in [5.41, 5.74) is 6.09. The molecule has 5 heteroatoms. The van der Waals surface area contributed by atoms with E-state index >= 15 is 0 Å². The summed E-state index contributed by atoms with van der Waals surface area (Å²) >= 11 is 0. The van der Waals surface area contributed by atoms with Gasteiger partial charge in [0.2, 0.25) is 5.89 Å². The summed E-state index contributed by atoms with van der Waals surface area (Å²) in [6, 6.07) is 0.295. The summed E-state index contributed by atoms with van der Waals surface area (Å²) in [6.45, 7) is 0. The van der Waals surface area contributed by atoms with Gasteiger partial charge in [-0.3, -0.25) is 0 Å². The van der Waals surface area contributed by atoms with Crippen LogP contribution in [-0.4, -0.2) is 30.3 Å². The van der Waals surface area contributed by atoms with Gasteiger partial charge in [-0.05, 0) is 23.9 Å². The average Bonchev–Trinajstić information content (AvgIpc) is 2.70. The molecule has 1 aliphatic rings. The molecule has 1 fully saturated rings. The average molecular weight is 224 g/mol. The smallest absolute Gasteiger partial charge is 0.265 e. The van der Waals surface area contributed by atoms with Crippen LogP contribution in [0.1, 0.15) is 31.6 Å². The molecule has 5 nitrogen and oxygen atoms in total. The Labute approximate surface area is 96.0 Å². The summed E-state index contributed by atoms with van der Waals surface area (Å²) in [7, 11) is 3.81. The van der Waals surface area contributed by atoms with Gasteiger partial charge in [0.1, 0.15) is 0 Å². The molecule has 1 aromatic rings. The molecule has 2 N–H and O–H groups in total. The van der Waals surface area contributed by atoms with Gasteiger partial charge >= 0.3 is 0 Å². The highest BCUT2D eigenvalue weighted by Crippen LogP contribution is 2.26. The number of nitrogens with zero attached hydrogens (tertiary/aromatic N) is 3. The topological polar surface area (TPSA) is 68.2 Å². The van der Waals surface area contributed by atoms with Gasteiger partial charge in [-0.1, -0.05) is 12.8 Å². The monoisotopic (exact) mass is 224 g/mol. The van der Waals surface area contributed by atoms with E-state index in [1.54, 1.807) is 0 Å². The maximum atomic E-state index is 6.09. The maximum absolute atomic E-state index is 6.09. The molecule has 0 aromatic carbocycles. The highest BCUT2D eigenvalue weighted by Gasteiger charge is 2.24. The molecule has 0 amide bonds. The summed E-state index contributed by atoms with van der Waals surface area (Å²) in [6.07, 6.45) is 5.65. The summed E-state index contributed by atoms with van der Waals surface area (Å²) in [5.74, 6) is 1.86. The zero-order valence-electron chi connectivity index (χ0n) is 10.0. The van der Waals surface area contributed by atoms with Crippen LogP contribution in [0.4, 0.5) is 5.95 Å². The Hall–Kier alpha value is -1.10. The molecule has 16 heavy (non-hydrogen) atoms. The molecular weight excluding hydrogens is 204 g/mol. The lowest BCUT2D eigenvalue weighted by molar-refractivity contribution is 0.273. The minimum Gasteiger partial charge on any atom is -0.344 e. The fourth-order valence-corrected chi connectivity index (χ4v) is 2.22. The molecule has 0 spiro atoms. The number of aromatic nitrogens is 2. The Morgan fingerprint density at radius 2 is 2.12 bits per heavy atom. The van der Waals surface area contributed by atoms with E-state index in [1.165, 1.54) is 19.3 Å². The van der Waals surface area contributed by atoms with Crippen molar-refractivity contribution >= 4 is 5.95 Å². The molecule has 1 aliphatic carbocycles. The molecule has 0 aliphatic heterocycles. The minimum atomic E-state index is 0.295. The molecule has 90 valence electrons. The first kappa shape index (κ1) is 11.4. The number of hydrogen-bond acceptors (Lipinski definition) is 5. The van der Waals surface area contributed by atoms with E-state index in [1.807, 2.05) is 19.0 Å². The number of anilines is 1. The third kappa shape index (κ3) is 2.52. The number of nitrogens with two attached hydrogens (primary N) is 1. The van der Waals surface area contributed by atoms with Gasteiger partial charge in [0.05, 0.1) is 0 Å². The van der Waals surface area contributed by atoms with Crippen molar-refractivity contribution < 1.29 is 4.52 Å². The van der Waals surface area contributed by atoms with E-state index in [9.17, 15) is 0 Å². The second kappa shape index (κ2) is 4.82. The maximum Gasteiger partial charge on any atom is 0.265 e. The van der Waals surface area contributed by atoms with Gasteiger partial charge in [-0.15, -0.1) is 0 Å². The van der Waals surface area contributed by atoms with Gasteiger partial charge in [-0.25, -0.2) is 0 Å². The zero-order chi connectivity index (χ0) is 11.5. The van der Waals surface area contributed by atoms with Crippen molar-refractivity contribution in [3.8, 4) is 0 Å². The van der Waals surface area contributed by atoms with Crippen LogP contribution in [0, 0.1) is 5.92 Å². The Kier molecular flexibility index (Phi) is 3.43. The fourth-order valence-electron chi connectivity index (χ4n) is 2.22. The van der Waals surface area contributed by atoms with E-state index < -0.39 is 0 Å². The molecule has 2 atom stereocenters. The van der Waals surface area contributed by atoms with Crippen molar-refractivity contribution in [2.24, 2.45) is 11.7 Å². The zero-order valence-corrected chi connectivity index (χ0v) is 10.0. The van der Waals surface area contributed by atoms with Crippen LogP contribution in [0.25, 0.3) is 0 Å². The summed E-state index contributed by atoms with van der Waals surface area (Å²) in [4.78, 5) is 6.17. The SMILES string of the molecule is CN(C)c1noc(CC2CCCCC2N)n1. The highest BCUT2D eigenvalue weighted by molar-refractivity contribution is 5.23. The molecule has 0 bridgehead atoms. The predicted octanol–water partition coefficient (Wildman–Crippen LogP) is 1.20. The van der Waals surface area contributed by atoms with Crippen molar-refractivity contribution in [2.45, 2.75) is 38.1 Å². The summed E-state index contributed by atoms with van der Waals surface area (Å²) < 4.78 is 5.22. The van der Waals surface area contributed by atoms with Crippen molar-refractivity contribution in [1.29, 1.82) is 0 Å². The van der Waals surface area contributed by atoms with Gasteiger partial charge in [-0.2, -0.15) is 4.98 Å². The van der Waals surface area contributed by atoms with E-state index in [0.717, 1.165) is 12.8 Å². The first-order chi connectivity index (χ1) is 7.66. The number of rotatable bonds is 3. The number of hydrogen-bond donors (Lipinski definition) is 1. The second-order valence-electron chi connectivity index (χ2n) is 4.80. The Bertz CT molecular complexity index is 336. The first-order valence-corrected chi connectivity index (χ1v) is 5.92. The van der Waals surface area contributed by atoms with Crippen LogP contribution < -0.4 is 10.6 Å². The van der Waals surface area contributed by atoms with E-state index in [-0.39, 0.29) is 0 Å². The van der Waals surface area contributed by atoms with Crippen molar-refractivity contribution in [3.05, 3.63) is 5.89 Å². The molecular formula is C11H20N4O. The quantitative estimate of drug-likeness (QED) is 0.835. The molecule has 2 unspecified atom stereocenters. The molecule has 1 heterocycles. The van der Waals surface area contributed by atoms with Crippen molar-refractivity contribution in [3.63, 3.8) is 0 Å². The predicted molar refractivity (Wildman–Crippen MR) is 62.3 cm³/mol. The fraction of sp³-hybridized carbons (Fsp3) is 0.818. The molecule has 1 saturated carbocycles. The standard InChI is InChI=1S/C11H20N4O/c1-15(2)11-13-10(16-14-11)7-8-5-3-4-6-9(8)12/h8-9H,3-7,12H2,1-2H3. The Morgan fingerprint density at radius 3 is 2.75 bits per heavy atom. The van der Waals surface area contributed by atoms with Crippen LogP contribution in [0.15, 0.2) is 4.52 Å². The van der Waals surface area contributed by atoms with Gasteiger partial charge < -0.3 is 15.2 Å². The second-order valence-corrected chi connectivity index (χ2v) is 4.80. The molecule has 0 radical (unpaired) electrons. The van der Waals surface area contributed by atoms with Crippen molar-refractivity contribution in [2.75, 3.05) is 19.0 Å². The first-order valence-electron chi connectivity index (χ1n) is 5.92. The normalized spacial score (nSPS) is 25.7. The van der Waals surface area contributed by atoms with Gasteiger partial charge in [0.15, 0.2) is 0 Å². The van der Waals surface area contributed by atoms with Crippen molar-refractivity contribution in [1.82, 2.24) is 10.1 Å². The van der Waals surface area contributed by atoms with Gasteiger partial charge in [0, 0.05) is 26.6 Å². The van der Waals surface area contributed by atoms with E-state index in [0.29, 0.717) is 23.8 Å². The molecule has 1 aromatic heterocycles. The van der Waals surface area contributed by atoms with Crippen LogP contribution in [0.5, 0.6) is 0 Å². The lowest BCUT2D eigenvalue weighted by atomic mass is 9.83. The Balaban J connectivity index is 1.97. The third-order valence-corrected chi connectivity index (χ3v) is 3.26. The van der Waals surface area contributed by atoms with Crippen LogP contribution in [0.2, 0.25) is 0 Å². The van der Waals surface area contributed by atoms with Crippen LogP contribution in [-0.2, 0) is 6.42 Å². The van der Waals surface area contributed by atoms with E-state index in [4.69, 9.17) is 10.3 Å². The largest absolute Gasteiger partial charge is 0.344 e.